The predicted octanol–water partition coefficient (Wildman–Crippen LogP) is 3.19. The Morgan fingerprint density at radius 1 is 1.27 bits per heavy atom. The summed E-state index contributed by atoms with van der Waals surface area (Å²) in [5.74, 6) is 0.0613. The molecule has 0 aromatic heterocycles. The van der Waals surface area contributed by atoms with E-state index < -0.39 is 0 Å². The minimum atomic E-state index is -0.124. The maximum atomic E-state index is 11.6. The van der Waals surface area contributed by atoms with Gasteiger partial charge in [0.1, 0.15) is 0 Å². The van der Waals surface area contributed by atoms with Crippen LogP contribution in [0.1, 0.15) is 25.5 Å². The number of Topliss-reactive ketones (excluding diaryl/α,β-unsaturated/α-hetero) is 1. The number of rotatable bonds is 2. The van der Waals surface area contributed by atoms with Crippen molar-refractivity contribution in [1.29, 1.82) is 0 Å². The van der Waals surface area contributed by atoms with Crippen LogP contribution in [0.5, 0.6) is 0 Å². The Bertz CT molecular complexity index is 612. The summed E-state index contributed by atoms with van der Waals surface area (Å²) in [6, 6.07) is 17.8. The van der Waals surface area contributed by atoms with Crippen LogP contribution in [0.15, 0.2) is 65.9 Å². The van der Waals surface area contributed by atoms with Gasteiger partial charge >= 0.3 is 0 Å². The molecule has 3 rings (SSSR count). The van der Waals surface area contributed by atoms with Crippen LogP contribution in [0, 0.1) is 0 Å². The third kappa shape index (κ3) is 4.67. The monoisotopic (exact) mass is 354 g/mol. The van der Waals surface area contributed by atoms with Crippen molar-refractivity contribution in [1.82, 2.24) is 10.6 Å². The second kappa shape index (κ2) is 8.69. The van der Waals surface area contributed by atoms with Crippen molar-refractivity contribution in [3.05, 3.63) is 71.4 Å². The molecule has 122 valence electrons. The van der Waals surface area contributed by atoms with Crippen LogP contribution < -0.4 is 10.6 Å². The molecular weight excluding hydrogens is 336 g/mol. The van der Waals surface area contributed by atoms with E-state index in [1.54, 1.807) is 6.92 Å². The van der Waals surface area contributed by atoms with E-state index >= 15 is 0 Å². The van der Waals surface area contributed by atoms with Gasteiger partial charge in [-0.3, -0.25) is 4.79 Å². The van der Waals surface area contributed by atoms with Gasteiger partial charge in [-0.05, 0) is 26.1 Å². The Labute approximate surface area is 147 Å². The molecule has 2 aromatic rings. The zero-order valence-electron chi connectivity index (χ0n) is 12.4. The summed E-state index contributed by atoms with van der Waals surface area (Å²) in [6.07, 6.45) is 0. The van der Waals surface area contributed by atoms with E-state index in [0.29, 0.717) is 5.11 Å². The molecule has 22 heavy (non-hydrogen) atoms. The first kappa shape index (κ1) is 18.4. The number of allylic oxidation sites excluding steroid dienone is 1. The first-order chi connectivity index (χ1) is 10.1. The molecule has 0 bridgehead atoms. The quantitative estimate of drug-likeness (QED) is 0.494. The van der Waals surface area contributed by atoms with Gasteiger partial charge in [0.15, 0.2) is 10.9 Å². The molecule has 3 nitrogen and oxygen atoms in total. The Morgan fingerprint density at radius 2 is 1.86 bits per heavy atom. The smallest absolute Gasteiger partial charge is 0.168 e. The Morgan fingerprint density at radius 3 is 2.32 bits per heavy atom. The summed E-state index contributed by atoms with van der Waals surface area (Å²) in [4.78, 5) is 11.6. The Balaban J connectivity index is 0.000000344. The molecule has 2 aromatic carbocycles. The largest absolute Gasteiger partial charge is 0.747 e. The molecule has 0 fully saturated rings. The zero-order chi connectivity index (χ0) is 15.2. The standard InChI is InChI=1S/C12H13N2OS.C5H5.Fe/c1-7-10(8(2)15)11(14-12(16)13-7)9-5-3-4-6-9;1-2-4-5-3-1;/h3-6,11H,1-2H3,(H2,13,14,16);1-5H;/q-5;-1;. The summed E-state index contributed by atoms with van der Waals surface area (Å²) in [5.41, 5.74) is 2.65. The number of thiocarbonyl (C=S) groups is 1. The summed E-state index contributed by atoms with van der Waals surface area (Å²) in [6.45, 7) is 3.45. The van der Waals surface area contributed by atoms with Gasteiger partial charge in [-0.2, -0.15) is 18.2 Å². The summed E-state index contributed by atoms with van der Waals surface area (Å²) in [5, 5.41) is 6.67. The van der Waals surface area contributed by atoms with Gasteiger partial charge in [0, 0.05) is 28.3 Å². The molecule has 1 heterocycles. The molecule has 0 saturated carbocycles. The average Bonchev–Trinajstić information content (AvgIpc) is 3.14. The van der Waals surface area contributed by atoms with E-state index in [9.17, 15) is 4.79 Å². The summed E-state index contributed by atoms with van der Waals surface area (Å²) >= 11 is 5.11. The van der Waals surface area contributed by atoms with E-state index in [1.807, 2.05) is 61.5 Å². The molecular formula is C17H18FeN2OS-6. The fourth-order valence-electron chi connectivity index (χ4n) is 2.31. The first-order valence-corrected chi connectivity index (χ1v) is 7.18. The van der Waals surface area contributed by atoms with E-state index in [0.717, 1.165) is 16.8 Å². The van der Waals surface area contributed by atoms with Crippen molar-refractivity contribution in [2.45, 2.75) is 19.9 Å². The fraction of sp³-hybridized carbons (Fsp3) is 0.176. The second-order valence-electron chi connectivity index (χ2n) is 4.81. The number of hydrogen-bond donors (Lipinski definition) is 2. The van der Waals surface area contributed by atoms with Gasteiger partial charge in [0.25, 0.3) is 0 Å². The van der Waals surface area contributed by atoms with Gasteiger partial charge in [-0.1, -0.05) is 0 Å². The molecule has 1 aliphatic heterocycles. The fourth-order valence-corrected chi connectivity index (χ4v) is 2.58. The number of carbonyl (C=O) groups is 1. The van der Waals surface area contributed by atoms with Gasteiger partial charge in [0.05, 0.1) is 0 Å². The normalized spacial score (nSPS) is 16.6. The number of carbonyl (C=O) groups excluding carboxylic acids is 1. The van der Waals surface area contributed by atoms with Crippen LogP contribution in [-0.4, -0.2) is 10.9 Å². The molecule has 1 aliphatic rings. The van der Waals surface area contributed by atoms with Crippen molar-refractivity contribution >= 4 is 23.1 Å². The zero-order valence-corrected chi connectivity index (χ0v) is 14.4. The van der Waals surface area contributed by atoms with Crippen LogP contribution in [0.25, 0.3) is 0 Å². The molecule has 2 N–H and O–H groups in total. The van der Waals surface area contributed by atoms with E-state index in [4.69, 9.17) is 12.2 Å². The van der Waals surface area contributed by atoms with Crippen LogP contribution in [0.4, 0.5) is 0 Å². The molecule has 1 atom stereocenters. The third-order valence-electron chi connectivity index (χ3n) is 3.23. The van der Waals surface area contributed by atoms with Crippen molar-refractivity contribution in [2.75, 3.05) is 0 Å². The minimum absolute atomic E-state index is 0. The first-order valence-electron chi connectivity index (χ1n) is 6.77. The number of ketones is 1. The van der Waals surface area contributed by atoms with Crippen LogP contribution in [0.3, 0.4) is 0 Å². The molecule has 5 heteroatoms. The maximum Gasteiger partial charge on any atom is 0.168 e. The van der Waals surface area contributed by atoms with Crippen LogP contribution in [0.2, 0.25) is 0 Å². The number of hydrogen-bond acceptors (Lipinski definition) is 2. The molecule has 0 aliphatic carbocycles. The molecule has 0 saturated heterocycles. The van der Waals surface area contributed by atoms with Crippen LogP contribution in [-0.2, 0) is 21.9 Å². The van der Waals surface area contributed by atoms with Crippen molar-refractivity contribution < 1.29 is 21.9 Å². The van der Waals surface area contributed by atoms with Gasteiger partial charge in [-0.15, -0.1) is 6.04 Å². The van der Waals surface area contributed by atoms with Gasteiger partial charge < -0.3 is 40.5 Å². The van der Waals surface area contributed by atoms with E-state index in [2.05, 4.69) is 10.6 Å². The van der Waals surface area contributed by atoms with E-state index in [1.165, 1.54) is 0 Å². The summed E-state index contributed by atoms with van der Waals surface area (Å²) in [7, 11) is 0. The topological polar surface area (TPSA) is 41.1 Å². The molecule has 0 radical (unpaired) electrons. The average molecular weight is 354 g/mol. The van der Waals surface area contributed by atoms with Gasteiger partial charge in [0.2, 0.25) is 0 Å². The number of nitrogens with one attached hydrogen (secondary N) is 2. The van der Waals surface area contributed by atoms with Gasteiger partial charge in [-0.25, -0.2) is 12.1 Å². The Kier molecular flexibility index (Phi) is 7.25. The molecule has 0 spiro atoms. The van der Waals surface area contributed by atoms with Crippen molar-refractivity contribution in [2.24, 2.45) is 0 Å². The van der Waals surface area contributed by atoms with E-state index in [-0.39, 0.29) is 28.9 Å². The van der Waals surface area contributed by atoms with Crippen molar-refractivity contribution in [3.63, 3.8) is 0 Å². The molecule has 0 amide bonds. The second-order valence-corrected chi connectivity index (χ2v) is 5.22. The molecule has 1 unspecified atom stereocenters. The maximum absolute atomic E-state index is 11.6. The third-order valence-corrected chi connectivity index (χ3v) is 3.45. The minimum Gasteiger partial charge on any atom is -0.747 e. The summed E-state index contributed by atoms with van der Waals surface area (Å²) < 4.78 is 0. The SMILES string of the molecule is CC(=O)C1=C(C)NC(=S)NC1[c-]1[cH-][cH-][cH-][cH-]1.[Fe].c1cc[cH-]c1. The Hall–Kier alpha value is -1.68. The van der Waals surface area contributed by atoms with Crippen molar-refractivity contribution in [3.8, 4) is 0 Å². The predicted molar refractivity (Wildman–Crippen MR) is 89.1 cm³/mol. The van der Waals surface area contributed by atoms with Crippen LogP contribution >= 0.6 is 12.2 Å².